The summed E-state index contributed by atoms with van der Waals surface area (Å²) >= 11 is 0. The summed E-state index contributed by atoms with van der Waals surface area (Å²) in [6.07, 6.45) is 0.0518. The van der Waals surface area contributed by atoms with E-state index >= 15 is 0 Å². The molecule has 4 nitrogen and oxygen atoms in total. The van der Waals surface area contributed by atoms with Gasteiger partial charge in [-0.3, -0.25) is 4.79 Å². The van der Waals surface area contributed by atoms with E-state index in [4.69, 9.17) is 9.47 Å². The van der Waals surface area contributed by atoms with Crippen LogP contribution < -0.4 is 9.47 Å². The summed E-state index contributed by atoms with van der Waals surface area (Å²) in [5, 5.41) is 9.95. The Morgan fingerprint density at radius 3 is 2.35 bits per heavy atom. The van der Waals surface area contributed by atoms with Crippen LogP contribution in [0, 0.1) is 0 Å². The van der Waals surface area contributed by atoms with Gasteiger partial charge in [0.1, 0.15) is 5.75 Å². The van der Waals surface area contributed by atoms with E-state index in [0.717, 1.165) is 0 Å². The van der Waals surface area contributed by atoms with E-state index in [-0.39, 0.29) is 18.0 Å². The van der Waals surface area contributed by atoms with Crippen molar-refractivity contribution in [2.45, 2.75) is 6.42 Å². The third kappa shape index (κ3) is 2.74. The number of phenolic OH excluding ortho intramolecular Hbond substituents is 1. The molecule has 0 amide bonds. The number of carbonyl (C=O) groups excluding carboxylic acids is 1. The van der Waals surface area contributed by atoms with Gasteiger partial charge >= 0.3 is 0 Å². The first-order valence-electron chi connectivity index (χ1n) is 6.18. The van der Waals surface area contributed by atoms with Gasteiger partial charge < -0.3 is 14.6 Å². The Bertz CT molecular complexity index is 605. The third-order valence-corrected chi connectivity index (χ3v) is 3.06. The molecule has 0 aliphatic heterocycles. The molecule has 0 saturated heterocycles. The van der Waals surface area contributed by atoms with Gasteiger partial charge in [-0.15, -0.1) is 0 Å². The Kier molecular flexibility index (Phi) is 4.25. The van der Waals surface area contributed by atoms with Crippen molar-refractivity contribution < 1.29 is 19.4 Å². The number of aromatic hydroxyl groups is 1. The molecule has 0 bridgehead atoms. The monoisotopic (exact) mass is 272 g/mol. The number of hydrogen-bond donors (Lipinski definition) is 1. The summed E-state index contributed by atoms with van der Waals surface area (Å²) in [4.78, 5) is 12.2. The van der Waals surface area contributed by atoms with E-state index in [0.29, 0.717) is 22.6 Å². The van der Waals surface area contributed by atoms with Gasteiger partial charge in [0.15, 0.2) is 17.3 Å². The van der Waals surface area contributed by atoms with Gasteiger partial charge in [0, 0.05) is 17.5 Å². The molecule has 0 radical (unpaired) electrons. The molecule has 0 atom stereocenters. The molecule has 104 valence electrons. The Labute approximate surface area is 117 Å². The lowest BCUT2D eigenvalue weighted by Crippen LogP contribution is -2.06. The van der Waals surface area contributed by atoms with Crippen LogP contribution >= 0.6 is 0 Å². The maximum Gasteiger partial charge on any atom is 0.168 e. The summed E-state index contributed by atoms with van der Waals surface area (Å²) in [7, 11) is 2.99. The van der Waals surface area contributed by atoms with Crippen molar-refractivity contribution in [1.82, 2.24) is 0 Å². The van der Waals surface area contributed by atoms with Crippen molar-refractivity contribution in [2.75, 3.05) is 14.2 Å². The first-order chi connectivity index (χ1) is 9.67. The fourth-order valence-corrected chi connectivity index (χ4v) is 2.04. The summed E-state index contributed by atoms with van der Waals surface area (Å²) in [6.45, 7) is 0. The smallest absolute Gasteiger partial charge is 0.168 e. The number of phenols is 1. The van der Waals surface area contributed by atoms with Crippen LogP contribution in [-0.4, -0.2) is 25.1 Å². The van der Waals surface area contributed by atoms with Gasteiger partial charge in [0.2, 0.25) is 0 Å². The lowest BCUT2D eigenvalue weighted by atomic mass is 10.0. The second-order valence-corrected chi connectivity index (χ2v) is 4.26. The minimum atomic E-state index is -0.0903. The van der Waals surface area contributed by atoms with Crippen LogP contribution in [0.2, 0.25) is 0 Å². The predicted molar refractivity (Wildman–Crippen MR) is 75.7 cm³/mol. The van der Waals surface area contributed by atoms with Gasteiger partial charge in [-0.1, -0.05) is 30.3 Å². The van der Waals surface area contributed by atoms with Crippen LogP contribution in [0.3, 0.4) is 0 Å². The first-order valence-corrected chi connectivity index (χ1v) is 6.18. The van der Waals surface area contributed by atoms with Gasteiger partial charge in [-0.05, 0) is 12.1 Å². The summed E-state index contributed by atoms with van der Waals surface area (Å²) < 4.78 is 10.4. The normalized spacial score (nSPS) is 10.1. The number of ether oxygens (including phenoxy) is 2. The molecule has 0 fully saturated rings. The topological polar surface area (TPSA) is 55.8 Å². The van der Waals surface area contributed by atoms with Crippen molar-refractivity contribution in [3.05, 3.63) is 53.6 Å². The van der Waals surface area contributed by atoms with E-state index in [9.17, 15) is 9.90 Å². The highest BCUT2D eigenvalue weighted by Gasteiger charge is 2.18. The second-order valence-electron chi connectivity index (χ2n) is 4.26. The van der Waals surface area contributed by atoms with E-state index < -0.39 is 0 Å². The molecule has 0 saturated carbocycles. The number of rotatable bonds is 5. The summed E-state index contributed by atoms with van der Waals surface area (Å²) in [5.74, 6) is 0.803. The number of carbonyl (C=O) groups is 1. The molecule has 0 heterocycles. The maximum absolute atomic E-state index is 12.2. The van der Waals surface area contributed by atoms with Crippen LogP contribution in [0.1, 0.15) is 15.9 Å². The van der Waals surface area contributed by atoms with E-state index in [1.807, 2.05) is 6.07 Å². The first kappa shape index (κ1) is 13.9. The van der Waals surface area contributed by atoms with E-state index in [1.165, 1.54) is 20.3 Å². The van der Waals surface area contributed by atoms with Gasteiger partial charge in [0.25, 0.3) is 0 Å². The maximum atomic E-state index is 12.2. The van der Waals surface area contributed by atoms with E-state index in [2.05, 4.69) is 0 Å². The standard InChI is InChI=1S/C16H16O4/c1-19-15-9-8-13(17)12(16(15)20-2)10-14(18)11-6-4-3-5-7-11/h3-9,17H,10H2,1-2H3. The Morgan fingerprint density at radius 1 is 1.05 bits per heavy atom. The van der Waals surface area contributed by atoms with E-state index in [1.54, 1.807) is 30.3 Å². The van der Waals surface area contributed by atoms with Crippen LogP contribution in [0.25, 0.3) is 0 Å². The summed E-state index contributed by atoms with van der Waals surface area (Å²) in [5.41, 5.74) is 1.03. The molecule has 2 aromatic rings. The highest BCUT2D eigenvalue weighted by atomic mass is 16.5. The fraction of sp³-hybridized carbons (Fsp3) is 0.188. The minimum absolute atomic E-state index is 0.0203. The van der Waals surface area contributed by atoms with Crippen molar-refractivity contribution >= 4 is 5.78 Å². The zero-order chi connectivity index (χ0) is 14.5. The molecule has 1 N–H and O–H groups in total. The van der Waals surface area contributed by atoms with Crippen molar-refractivity contribution in [1.29, 1.82) is 0 Å². The minimum Gasteiger partial charge on any atom is -0.508 e. The molecular formula is C16H16O4. The van der Waals surface area contributed by atoms with Crippen LogP contribution in [0.15, 0.2) is 42.5 Å². The number of methoxy groups -OCH3 is 2. The summed E-state index contributed by atoms with van der Waals surface area (Å²) in [6, 6.07) is 12.0. The molecule has 0 aliphatic rings. The van der Waals surface area contributed by atoms with Crippen LogP contribution in [-0.2, 0) is 6.42 Å². The zero-order valence-electron chi connectivity index (χ0n) is 11.4. The number of ketones is 1. The lowest BCUT2D eigenvalue weighted by molar-refractivity contribution is 0.0991. The quantitative estimate of drug-likeness (QED) is 0.850. The highest BCUT2D eigenvalue weighted by molar-refractivity contribution is 5.98. The number of hydrogen-bond acceptors (Lipinski definition) is 4. The molecular weight excluding hydrogens is 256 g/mol. The van der Waals surface area contributed by atoms with Crippen molar-refractivity contribution in [3.8, 4) is 17.2 Å². The highest BCUT2D eigenvalue weighted by Crippen LogP contribution is 2.37. The van der Waals surface area contributed by atoms with Crippen LogP contribution in [0.5, 0.6) is 17.2 Å². The largest absolute Gasteiger partial charge is 0.508 e. The van der Waals surface area contributed by atoms with Gasteiger partial charge in [-0.2, -0.15) is 0 Å². The molecule has 0 aromatic heterocycles. The zero-order valence-corrected chi connectivity index (χ0v) is 11.4. The molecule has 2 rings (SSSR count). The number of Topliss-reactive ketones (excluding diaryl/α,β-unsaturated/α-hetero) is 1. The molecule has 0 spiro atoms. The van der Waals surface area contributed by atoms with Crippen molar-refractivity contribution in [2.24, 2.45) is 0 Å². The van der Waals surface area contributed by atoms with Gasteiger partial charge in [0.05, 0.1) is 14.2 Å². The lowest BCUT2D eigenvalue weighted by Gasteiger charge is -2.13. The third-order valence-electron chi connectivity index (χ3n) is 3.06. The predicted octanol–water partition coefficient (Wildman–Crippen LogP) is 2.83. The van der Waals surface area contributed by atoms with Crippen LogP contribution in [0.4, 0.5) is 0 Å². The molecule has 2 aromatic carbocycles. The SMILES string of the molecule is COc1ccc(O)c(CC(=O)c2ccccc2)c1OC. The molecule has 4 heteroatoms. The molecule has 20 heavy (non-hydrogen) atoms. The average molecular weight is 272 g/mol. The fourth-order valence-electron chi connectivity index (χ4n) is 2.04. The van der Waals surface area contributed by atoms with Gasteiger partial charge in [-0.25, -0.2) is 0 Å². The molecule has 0 aliphatic carbocycles. The molecule has 0 unspecified atom stereocenters. The second kappa shape index (κ2) is 6.10. The van der Waals surface area contributed by atoms with Crippen molar-refractivity contribution in [3.63, 3.8) is 0 Å². The Hall–Kier alpha value is -2.49. The Balaban J connectivity index is 2.36. The average Bonchev–Trinajstić information content (AvgIpc) is 2.49. The Morgan fingerprint density at radius 2 is 1.75 bits per heavy atom. The number of benzene rings is 2.